The summed E-state index contributed by atoms with van der Waals surface area (Å²) in [5, 5.41) is 13.3. The van der Waals surface area contributed by atoms with Crippen molar-refractivity contribution in [2.24, 2.45) is 11.8 Å². The molecule has 0 aromatic carbocycles. The van der Waals surface area contributed by atoms with Crippen LogP contribution in [0.15, 0.2) is 0 Å². The Hall–Kier alpha value is -0.120. The fraction of sp³-hybridized carbons (Fsp3) is 1.00. The third-order valence-corrected chi connectivity index (χ3v) is 3.42. The molecule has 2 saturated carbocycles. The van der Waals surface area contributed by atoms with E-state index in [0.29, 0.717) is 6.04 Å². The Kier molecular flexibility index (Phi) is 3.65. The molecule has 0 radical (unpaired) electrons. The van der Waals surface area contributed by atoms with Crippen molar-refractivity contribution in [3.05, 3.63) is 0 Å². The monoisotopic (exact) mass is 212 g/mol. The lowest BCUT2D eigenvalue weighted by Crippen LogP contribution is -2.41. The number of nitrogens with zero attached hydrogens (tertiary/aromatic N) is 1. The van der Waals surface area contributed by atoms with Gasteiger partial charge in [-0.2, -0.15) is 0 Å². The fourth-order valence-electron chi connectivity index (χ4n) is 2.39. The maximum atomic E-state index is 9.77. The molecule has 2 N–H and O–H groups in total. The standard InChI is InChI=1S/C12H24N2O/c1-14(2)8-11(15)7-13-12(9-3-4-9)10-5-6-10/h9-13,15H,3-8H2,1-2H3. The second-order valence-electron chi connectivity index (χ2n) is 5.52. The Bertz CT molecular complexity index is 188. The number of hydrogen-bond donors (Lipinski definition) is 2. The first kappa shape index (κ1) is 11.4. The van der Waals surface area contributed by atoms with Crippen LogP contribution < -0.4 is 5.32 Å². The highest BCUT2D eigenvalue weighted by Gasteiger charge is 2.41. The molecule has 0 bridgehead atoms. The van der Waals surface area contributed by atoms with Crippen LogP contribution >= 0.6 is 0 Å². The smallest absolute Gasteiger partial charge is 0.0791 e. The first-order chi connectivity index (χ1) is 7.16. The van der Waals surface area contributed by atoms with Crippen molar-refractivity contribution >= 4 is 0 Å². The molecule has 88 valence electrons. The molecule has 0 heterocycles. The second kappa shape index (κ2) is 4.81. The van der Waals surface area contributed by atoms with E-state index < -0.39 is 0 Å². The zero-order chi connectivity index (χ0) is 10.8. The number of aliphatic hydroxyl groups excluding tert-OH is 1. The van der Waals surface area contributed by atoms with E-state index in [0.717, 1.165) is 24.9 Å². The van der Waals surface area contributed by atoms with Gasteiger partial charge in [0.05, 0.1) is 6.10 Å². The van der Waals surface area contributed by atoms with Crippen molar-refractivity contribution in [1.29, 1.82) is 0 Å². The van der Waals surface area contributed by atoms with Crippen LogP contribution in [-0.4, -0.2) is 49.3 Å². The lowest BCUT2D eigenvalue weighted by atomic mass is 10.1. The molecule has 3 nitrogen and oxygen atoms in total. The van der Waals surface area contributed by atoms with Crippen molar-refractivity contribution in [1.82, 2.24) is 10.2 Å². The molecule has 1 atom stereocenters. The molecule has 3 heteroatoms. The first-order valence-corrected chi connectivity index (χ1v) is 6.23. The zero-order valence-corrected chi connectivity index (χ0v) is 9.95. The fourth-order valence-corrected chi connectivity index (χ4v) is 2.39. The lowest BCUT2D eigenvalue weighted by molar-refractivity contribution is 0.129. The van der Waals surface area contributed by atoms with Gasteiger partial charge in [0.2, 0.25) is 0 Å². The molecule has 1 unspecified atom stereocenters. The van der Waals surface area contributed by atoms with Gasteiger partial charge in [-0.15, -0.1) is 0 Å². The summed E-state index contributed by atoms with van der Waals surface area (Å²) in [4.78, 5) is 2.04. The highest BCUT2D eigenvalue weighted by Crippen LogP contribution is 2.44. The third-order valence-electron chi connectivity index (χ3n) is 3.42. The Morgan fingerprint density at radius 3 is 2.13 bits per heavy atom. The molecule has 0 aromatic rings. The molecule has 2 aliphatic rings. The van der Waals surface area contributed by atoms with E-state index in [4.69, 9.17) is 0 Å². The van der Waals surface area contributed by atoms with Crippen LogP contribution in [0, 0.1) is 11.8 Å². The maximum absolute atomic E-state index is 9.77. The largest absolute Gasteiger partial charge is 0.390 e. The number of hydrogen-bond acceptors (Lipinski definition) is 3. The number of rotatable bonds is 7. The summed E-state index contributed by atoms with van der Waals surface area (Å²) in [6.45, 7) is 1.52. The van der Waals surface area contributed by atoms with Gasteiger partial charge in [-0.05, 0) is 51.6 Å². The maximum Gasteiger partial charge on any atom is 0.0791 e. The predicted octanol–water partition coefficient (Wildman–Crippen LogP) is 0.687. The SMILES string of the molecule is CN(C)CC(O)CNC(C1CC1)C1CC1. The average Bonchev–Trinajstić information content (AvgIpc) is 2.99. The van der Waals surface area contributed by atoms with Crippen molar-refractivity contribution in [2.75, 3.05) is 27.2 Å². The van der Waals surface area contributed by atoms with Crippen LogP contribution in [0.25, 0.3) is 0 Å². The summed E-state index contributed by atoms with van der Waals surface area (Å²) in [6.07, 6.45) is 5.38. The van der Waals surface area contributed by atoms with Crippen LogP contribution in [0.2, 0.25) is 0 Å². The van der Waals surface area contributed by atoms with E-state index >= 15 is 0 Å². The summed E-state index contributed by atoms with van der Waals surface area (Å²) in [5.41, 5.74) is 0. The summed E-state index contributed by atoms with van der Waals surface area (Å²) >= 11 is 0. The van der Waals surface area contributed by atoms with Gasteiger partial charge in [-0.1, -0.05) is 0 Å². The van der Waals surface area contributed by atoms with Gasteiger partial charge < -0.3 is 15.3 Å². The van der Waals surface area contributed by atoms with Crippen LogP contribution in [0.3, 0.4) is 0 Å². The molecule has 0 amide bonds. The van der Waals surface area contributed by atoms with Crippen molar-refractivity contribution in [3.63, 3.8) is 0 Å². The topological polar surface area (TPSA) is 35.5 Å². The lowest BCUT2D eigenvalue weighted by Gasteiger charge is -2.22. The van der Waals surface area contributed by atoms with Crippen LogP contribution in [-0.2, 0) is 0 Å². The van der Waals surface area contributed by atoms with Gasteiger partial charge >= 0.3 is 0 Å². The highest BCUT2D eigenvalue weighted by molar-refractivity contribution is 4.96. The number of aliphatic hydroxyl groups is 1. The van der Waals surface area contributed by atoms with E-state index in [2.05, 4.69) is 5.32 Å². The normalized spacial score (nSPS) is 23.8. The van der Waals surface area contributed by atoms with Gasteiger partial charge in [0.15, 0.2) is 0 Å². The minimum absolute atomic E-state index is 0.222. The number of nitrogens with one attached hydrogen (secondary N) is 1. The van der Waals surface area contributed by atoms with Crippen LogP contribution in [0.1, 0.15) is 25.7 Å². The summed E-state index contributed by atoms with van der Waals surface area (Å²) in [5.74, 6) is 1.84. The van der Waals surface area contributed by atoms with Crippen LogP contribution in [0.4, 0.5) is 0 Å². The van der Waals surface area contributed by atoms with E-state index in [9.17, 15) is 5.11 Å². The molecule has 2 rings (SSSR count). The van der Waals surface area contributed by atoms with Gasteiger partial charge in [0, 0.05) is 19.1 Å². The van der Waals surface area contributed by atoms with Crippen molar-refractivity contribution in [2.45, 2.75) is 37.8 Å². The summed E-state index contributed by atoms with van der Waals surface area (Å²) < 4.78 is 0. The first-order valence-electron chi connectivity index (χ1n) is 6.23. The van der Waals surface area contributed by atoms with Gasteiger partial charge in [-0.3, -0.25) is 0 Å². The minimum atomic E-state index is -0.222. The Balaban J connectivity index is 1.66. The molecule has 2 aliphatic carbocycles. The molecule has 0 aliphatic heterocycles. The van der Waals surface area contributed by atoms with Gasteiger partial charge in [0.25, 0.3) is 0 Å². The molecule has 2 fully saturated rings. The van der Waals surface area contributed by atoms with E-state index in [1.165, 1.54) is 25.7 Å². The van der Waals surface area contributed by atoms with E-state index in [1.807, 2.05) is 19.0 Å². The molecule has 15 heavy (non-hydrogen) atoms. The Morgan fingerprint density at radius 1 is 1.20 bits per heavy atom. The third kappa shape index (κ3) is 3.74. The van der Waals surface area contributed by atoms with Crippen LogP contribution in [0.5, 0.6) is 0 Å². The zero-order valence-electron chi connectivity index (χ0n) is 9.95. The molecule has 0 spiro atoms. The summed E-state index contributed by atoms with van der Waals surface area (Å²) in [7, 11) is 4.00. The Labute approximate surface area is 92.8 Å². The van der Waals surface area contributed by atoms with Gasteiger partial charge in [-0.25, -0.2) is 0 Å². The second-order valence-corrected chi connectivity index (χ2v) is 5.52. The van der Waals surface area contributed by atoms with E-state index in [1.54, 1.807) is 0 Å². The molecule has 0 aromatic heterocycles. The average molecular weight is 212 g/mol. The predicted molar refractivity (Wildman–Crippen MR) is 61.8 cm³/mol. The summed E-state index contributed by atoms with van der Waals surface area (Å²) in [6, 6.07) is 0.710. The molecule has 0 saturated heterocycles. The van der Waals surface area contributed by atoms with Crippen molar-refractivity contribution in [3.8, 4) is 0 Å². The Morgan fingerprint density at radius 2 is 1.73 bits per heavy atom. The highest BCUT2D eigenvalue weighted by atomic mass is 16.3. The minimum Gasteiger partial charge on any atom is -0.390 e. The van der Waals surface area contributed by atoms with Gasteiger partial charge in [0.1, 0.15) is 0 Å². The van der Waals surface area contributed by atoms with Crippen molar-refractivity contribution < 1.29 is 5.11 Å². The van der Waals surface area contributed by atoms with E-state index in [-0.39, 0.29) is 6.10 Å². The molecular formula is C12H24N2O. The quantitative estimate of drug-likeness (QED) is 0.652. The number of likely N-dealkylation sites (N-methyl/N-ethyl adjacent to an activating group) is 1. The molecular weight excluding hydrogens is 188 g/mol.